The van der Waals surface area contributed by atoms with Crippen LogP contribution < -0.4 is 10.7 Å². The molecular formula is C26H43N5NaO4S2. The maximum absolute atomic E-state index is 12.4. The summed E-state index contributed by atoms with van der Waals surface area (Å²) in [6.07, 6.45) is 20.1. The van der Waals surface area contributed by atoms with Crippen molar-refractivity contribution in [1.82, 2.24) is 14.9 Å². The van der Waals surface area contributed by atoms with Gasteiger partial charge in [-0.3, -0.25) is 9.65 Å². The van der Waals surface area contributed by atoms with Gasteiger partial charge >= 0.3 is 6.03 Å². The van der Waals surface area contributed by atoms with Crippen LogP contribution in [-0.2, 0) is 16.5 Å². The number of benzene rings is 1. The number of H-pyrrole nitrogens is 1. The molecule has 0 aliphatic carbocycles. The van der Waals surface area contributed by atoms with Crippen LogP contribution in [0, 0.1) is 4.77 Å². The number of anilines is 1. The van der Waals surface area contributed by atoms with Crippen LogP contribution in [0.1, 0.15) is 109 Å². The molecule has 0 saturated carbocycles. The van der Waals surface area contributed by atoms with Gasteiger partial charge in [0.1, 0.15) is 0 Å². The molecule has 0 saturated heterocycles. The molecule has 1 radical (unpaired) electrons. The second-order valence-electron chi connectivity index (χ2n) is 9.55. The summed E-state index contributed by atoms with van der Waals surface area (Å²) in [6.45, 7) is 2.26. The molecule has 2 amide bonds. The largest absolute Gasteiger partial charge is 0.338 e. The summed E-state index contributed by atoms with van der Waals surface area (Å²) in [5.74, 6) is 0.626. The van der Waals surface area contributed by atoms with Crippen molar-refractivity contribution in [1.29, 1.82) is 0 Å². The molecule has 9 nitrogen and oxygen atoms in total. The molecule has 2 rings (SSSR count). The summed E-state index contributed by atoms with van der Waals surface area (Å²) in [4.78, 5) is 12.1. The molecule has 1 aromatic heterocycles. The number of nitrogens with one attached hydrogen (secondary N) is 3. The summed E-state index contributed by atoms with van der Waals surface area (Å²) in [5, 5.41) is 9.45. The van der Waals surface area contributed by atoms with E-state index < -0.39 is 16.1 Å². The first kappa shape index (κ1) is 34.8. The Morgan fingerprint density at radius 1 is 0.947 bits per heavy atom. The van der Waals surface area contributed by atoms with E-state index in [0.29, 0.717) is 12.2 Å². The van der Waals surface area contributed by atoms with Gasteiger partial charge in [-0.2, -0.15) is 13.5 Å². The zero-order valence-corrected chi connectivity index (χ0v) is 26.6. The number of hydrogen-bond acceptors (Lipinski definition) is 5. The van der Waals surface area contributed by atoms with Crippen LogP contribution in [0.2, 0.25) is 0 Å². The fourth-order valence-electron chi connectivity index (χ4n) is 4.26. The monoisotopic (exact) mass is 576 g/mol. The van der Waals surface area contributed by atoms with Gasteiger partial charge in [-0.05, 0) is 36.8 Å². The summed E-state index contributed by atoms with van der Waals surface area (Å²) in [5.41, 5.74) is 2.84. The Labute approximate surface area is 255 Å². The molecule has 0 aliphatic heterocycles. The number of urea groups is 1. The molecule has 209 valence electrons. The van der Waals surface area contributed by atoms with E-state index in [9.17, 15) is 17.8 Å². The van der Waals surface area contributed by atoms with Gasteiger partial charge in [0.25, 0.3) is 10.1 Å². The minimum atomic E-state index is -4.36. The first-order valence-corrected chi connectivity index (χ1v) is 15.5. The SMILES string of the molecule is CCCCCCCCCCCCCCCCCc1n[nH]c(=S)n1NC(=O)Nc1cccc(S(=O)(=O)O)c1.[Na]. The second-order valence-corrected chi connectivity index (χ2v) is 11.4. The Bertz CT molecular complexity index is 1110. The molecule has 4 N–H and O–H groups in total. The molecular weight excluding hydrogens is 533 g/mol. The number of unbranched alkanes of at least 4 members (excludes halogenated alkanes) is 14. The number of aromatic nitrogens is 3. The Balaban J connectivity index is 0.00000722. The Morgan fingerprint density at radius 3 is 2.00 bits per heavy atom. The van der Waals surface area contributed by atoms with Gasteiger partial charge in [0.15, 0.2) is 5.82 Å². The first-order valence-electron chi connectivity index (χ1n) is 13.6. The van der Waals surface area contributed by atoms with Crippen molar-refractivity contribution in [2.45, 2.75) is 115 Å². The first-order chi connectivity index (χ1) is 17.8. The molecule has 0 spiro atoms. The van der Waals surface area contributed by atoms with E-state index in [2.05, 4.69) is 27.9 Å². The number of nitrogens with zero attached hydrogens (tertiary/aromatic N) is 2. The molecule has 0 unspecified atom stereocenters. The average Bonchev–Trinajstić information content (AvgIpc) is 3.20. The number of carbonyl (C=O) groups excluding carboxylic acids is 1. The van der Waals surface area contributed by atoms with Crippen molar-refractivity contribution in [2.75, 3.05) is 10.7 Å². The molecule has 38 heavy (non-hydrogen) atoms. The van der Waals surface area contributed by atoms with E-state index >= 15 is 0 Å². The fourth-order valence-corrected chi connectivity index (χ4v) is 4.98. The Morgan fingerprint density at radius 2 is 1.47 bits per heavy atom. The average molecular weight is 577 g/mol. The Kier molecular flexibility index (Phi) is 18.1. The van der Waals surface area contributed by atoms with E-state index in [1.807, 2.05) is 0 Å². The Hall–Kier alpha value is -1.24. The van der Waals surface area contributed by atoms with Gasteiger partial charge in [0.05, 0.1) is 4.90 Å². The van der Waals surface area contributed by atoms with Gasteiger partial charge in [-0.15, -0.1) is 0 Å². The number of aryl methyl sites for hydroxylation is 1. The van der Waals surface area contributed by atoms with Crippen molar-refractivity contribution in [3.63, 3.8) is 0 Å². The third-order valence-corrected chi connectivity index (χ3v) is 7.47. The van der Waals surface area contributed by atoms with Crippen LogP contribution in [0.3, 0.4) is 0 Å². The van der Waals surface area contributed by atoms with Crippen molar-refractivity contribution in [3.05, 3.63) is 34.9 Å². The molecule has 2 aromatic rings. The number of carbonyl (C=O) groups is 1. The summed E-state index contributed by atoms with van der Waals surface area (Å²) < 4.78 is 33.4. The molecule has 0 fully saturated rings. The standard InChI is InChI=1S/C26H43N5O4S2.Na/c1-2-3-4-5-6-7-8-9-10-11-12-13-14-15-16-20-24-28-29-26(36)31(24)30-25(32)27-22-18-17-19-23(21-22)37(33,34)35;/h17-19,21H,2-16,20H2,1H3,(H,29,36)(H2,27,30,32)(H,33,34,35);. The van der Waals surface area contributed by atoms with Gasteiger partial charge in [-0.1, -0.05) is 103 Å². The van der Waals surface area contributed by atoms with Gasteiger partial charge in [0.2, 0.25) is 4.77 Å². The summed E-state index contributed by atoms with van der Waals surface area (Å²) in [7, 11) is -4.36. The van der Waals surface area contributed by atoms with Crippen LogP contribution in [0.15, 0.2) is 29.2 Å². The van der Waals surface area contributed by atoms with Crippen LogP contribution >= 0.6 is 12.2 Å². The van der Waals surface area contributed by atoms with E-state index in [-0.39, 0.29) is 44.9 Å². The zero-order valence-electron chi connectivity index (χ0n) is 23.0. The molecule has 1 heterocycles. The van der Waals surface area contributed by atoms with Crippen LogP contribution in [-0.4, -0.2) is 63.4 Å². The second kappa shape index (κ2) is 19.8. The van der Waals surface area contributed by atoms with Crippen LogP contribution in [0.25, 0.3) is 0 Å². The molecule has 0 atom stereocenters. The van der Waals surface area contributed by atoms with Crippen molar-refractivity contribution in [2.24, 2.45) is 0 Å². The summed E-state index contributed by atoms with van der Waals surface area (Å²) >= 11 is 5.23. The van der Waals surface area contributed by atoms with Gasteiger partial charge in [-0.25, -0.2) is 14.9 Å². The van der Waals surface area contributed by atoms with E-state index in [0.717, 1.165) is 12.8 Å². The zero-order chi connectivity index (χ0) is 26.9. The van der Waals surface area contributed by atoms with E-state index in [4.69, 9.17) is 12.2 Å². The van der Waals surface area contributed by atoms with Gasteiger partial charge < -0.3 is 5.32 Å². The maximum atomic E-state index is 12.4. The predicted octanol–water partition coefficient (Wildman–Crippen LogP) is 7.00. The van der Waals surface area contributed by atoms with Crippen molar-refractivity contribution in [3.8, 4) is 0 Å². The molecule has 0 bridgehead atoms. The summed E-state index contributed by atoms with van der Waals surface area (Å²) in [6, 6.07) is 4.73. The minimum Gasteiger partial charge on any atom is -0.307 e. The van der Waals surface area contributed by atoms with Gasteiger partial charge in [0, 0.05) is 41.7 Å². The third-order valence-electron chi connectivity index (χ3n) is 6.35. The van der Waals surface area contributed by atoms with Crippen molar-refractivity contribution >= 4 is 63.6 Å². The third kappa shape index (κ3) is 14.2. The smallest absolute Gasteiger partial charge is 0.307 e. The van der Waals surface area contributed by atoms with Crippen LogP contribution in [0.4, 0.5) is 10.5 Å². The van der Waals surface area contributed by atoms with Crippen molar-refractivity contribution < 1.29 is 17.8 Å². The maximum Gasteiger partial charge on any atom is 0.338 e. The fraction of sp³-hybridized carbons (Fsp3) is 0.654. The normalized spacial score (nSPS) is 11.2. The number of hydrogen-bond donors (Lipinski definition) is 4. The van der Waals surface area contributed by atoms with E-state index in [1.54, 1.807) is 0 Å². The van der Waals surface area contributed by atoms with Crippen LogP contribution in [0.5, 0.6) is 0 Å². The topological polar surface area (TPSA) is 129 Å². The van der Waals surface area contributed by atoms with E-state index in [1.165, 1.54) is 112 Å². The molecule has 0 aliphatic rings. The number of amides is 2. The molecule has 1 aromatic carbocycles. The number of aromatic amines is 1. The number of rotatable bonds is 19. The quantitative estimate of drug-likeness (QED) is 0.0617. The predicted molar refractivity (Wildman–Crippen MR) is 156 cm³/mol. The minimum absolute atomic E-state index is 0. The molecule has 12 heteroatoms.